The molecule has 0 aliphatic heterocycles. The second kappa shape index (κ2) is 10.9. The standard InChI is InChI=1S/C8H14.Cu/c1-3-5-7-8-6-4-2;/h3-4H,1-2,5-8H2;. The molecule has 0 aromatic heterocycles. The van der Waals surface area contributed by atoms with Crippen molar-refractivity contribution in [2.45, 2.75) is 25.7 Å². The first kappa shape index (κ1) is 11.8. The number of rotatable bonds is 5. The Morgan fingerprint density at radius 3 is 1.44 bits per heavy atom. The van der Waals surface area contributed by atoms with E-state index in [-0.39, 0.29) is 17.1 Å². The summed E-state index contributed by atoms with van der Waals surface area (Å²) in [6, 6.07) is 0. The van der Waals surface area contributed by atoms with E-state index in [4.69, 9.17) is 0 Å². The third-order valence-corrected chi connectivity index (χ3v) is 1.07. The predicted molar refractivity (Wildman–Crippen MR) is 38.9 cm³/mol. The summed E-state index contributed by atoms with van der Waals surface area (Å²) < 4.78 is 0. The van der Waals surface area contributed by atoms with Crippen molar-refractivity contribution in [3.8, 4) is 0 Å². The number of hydrogen-bond donors (Lipinski definition) is 0. The molecule has 0 saturated heterocycles. The van der Waals surface area contributed by atoms with E-state index in [9.17, 15) is 0 Å². The van der Waals surface area contributed by atoms with Crippen LogP contribution in [-0.4, -0.2) is 0 Å². The monoisotopic (exact) mass is 173 g/mol. The maximum Gasteiger partial charge on any atom is 0 e. The van der Waals surface area contributed by atoms with Crippen LogP contribution in [0.5, 0.6) is 0 Å². The van der Waals surface area contributed by atoms with Gasteiger partial charge in [0.15, 0.2) is 0 Å². The minimum Gasteiger partial charge on any atom is -0.103 e. The molecule has 0 fully saturated rings. The molecule has 0 aromatic rings. The molecule has 1 radical (unpaired) electrons. The van der Waals surface area contributed by atoms with Gasteiger partial charge >= 0.3 is 0 Å². The van der Waals surface area contributed by atoms with Gasteiger partial charge in [-0.05, 0) is 25.7 Å². The van der Waals surface area contributed by atoms with Crippen LogP contribution in [0.2, 0.25) is 0 Å². The average molecular weight is 174 g/mol. The third-order valence-electron chi connectivity index (χ3n) is 1.07. The SMILES string of the molecule is C=CCCCCC=C.[Cu]. The van der Waals surface area contributed by atoms with Gasteiger partial charge in [0.2, 0.25) is 0 Å². The Morgan fingerprint density at radius 2 is 1.22 bits per heavy atom. The Balaban J connectivity index is 0. The summed E-state index contributed by atoms with van der Waals surface area (Å²) in [6.07, 6.45) is 8.74. The molecule has 0 unspecified atom stereocenters. The van der Waals surface area contributed by atoms with Gasteiger partial charge in [0.05, 0.1) is 0 Å². The molecule has 57 valence electrons. The zero-order chi connectivity index (χ0) is 6.24. The van der Waals surface area contributed by atoms with Crippen LogP contribution in [0.15, 0.2) is 25.3 Å². The van der Waals surface area contributed by atoms with E-state index in [0.717, 1.165) is 12.8 Å². The summed E-state index contributed by atoms with van der Waals surface area (Å²) in [5, 5.41) is 0. The normalized spacial score (nSPS) is 7.56. The largest absolute Gasteiger partial charge is 0.103 e. The molecule has 0 aliphatic rings. The molecule has 0 rings (SSSR count). The molecule has 0 aliphatic carbocycles. The van der Waals surface area contributed by atoms with Gasteiger partial charge in [0.25, 0.3) is 0 Å². The maximum atomic E-state index is 3.63. The van der Waals surface area contributed by atoms with Gasteiger partial charge < -0.3 is 0 Å². The van der Waals surface area contributed by atoms with Crippen molar-refractivity contribution in [1.82, 2.24) is 0 Å². The molecule has 0 amide bonds. The zero-order valence-electron chi connectivity index (χ0n) is 5.70. The fraction of sp³-hybridized carbons (Fsp3) is 0.500. The third kappa shape index (κ3) is 11.5. The summed E-state index contributed by atoms with van der Waals surface area (Å²) >= 11 is 0. The van der Waals surface area contributed by atoms with Crippen LogP contribution in [0.1, 0.15) is 25.7 Å². The Morgan fingerprint density at radius 1 is 0.889 bits per heavy atom. The minimum absolute atomic E-state index is 0. The van der Waals surface area contributed by atoms with E-state index in [1.807, 2.05) is 12.2 Å². The number of allylic oxidation sites excluding steroid dienone is 2. The molecule has 1 heteroatoms. The van der Waals surface area contributed by atoms with Crippen molar-refractivity contribution in [2.75, 3.05) is 0 Å². The van der Waals surface area contributed by atoms with Crippen LogP contribution in [0.3, 0.4) is 0 Å². The molecule has 0 nitrogen and oxygen atoms in total. The van der Waals surface area contributed by atoms with Crippen molar-refractivity contribution in [1.29, 1.82) is 0 Å². The molecular formula is C8H14Cu. The van der Waals surface area contributed by atoms with Crippen molar-refractivity contribution in [3.63, 3.8) is 0 Å². The van der Waals surface area contributed by atoms with Crippen molar-refractivity contribution >= 4 is 0 Å². The Labute approximate surface area is 68.5 Å². The van der Waals surface area contributed by atoms with E-state index in [0.29, 0.717) is 0 Å². The first-order valence-electron chi connectivity index (χ1n) is 3.13. The smallest absolute Gasteiger partial charge is 0 e. The summed E-state index contributed by atoms with van der Waals surface area (Å²) in [4.78, 5) is 0. The van der Waals surface area contributed by atoms with Gasteiger partial charge in [0, 0.05) is 17.1 Å². The molecular weight excluding hydrogens is 160 g/mol. The van der Waals surface area contributed by atoms with E-state index >= 15 is 0 Å². The van der Waals surface area contributed by atoms with Gasteiger partial charge in [0.1, 0.15) is 0 Å². The molecule has 0 bridgehead atoms. The Hall–Kier alpha value is -0.000519. The second-order valence-corrected chi connectivity index (χ2v) is 1.86. The molecule has 0 atom stereocenters. The summed E-state index contributed by atoms with van der Waals surface area (Å²) in [5.41, 5.74) is 0. The minimum atomic E-state index is 0. The predicted octanol–water partition coefficient (Wildman–Crippen LogP) is 2.92. The number of hydrogen-bond acceptors (Lipinski definition) is 0. The summed E-state index contributed by atoms with van der Waals surface area (Å²) in [5.74, 6) is 0. The Bertz CT molecular complexity index is 57.0. The average Bonchev–Trinajstić information content (AvgIpc) is 1.81. The van der Waals surface area contributed by atoms with Gasteiger partial charge in [-0.1, -0.05) is 12.2 Å². The molecule has 0 spiro atoms. The van der Waals surface area contributed by atoms with Crippen molar-refractivity contribution in [3.05, 3.63) is 25.3 Å². The summed E-state index contributed by atoms with van der Waals surface area (Å²) in [7, 11) is 0. The summed E-state index contributed by atoms with van der Waals surface area (Å²) in [6.45, 7) is 7.26. The van der Waals surface area contributed by atoms with Crippen molar-refractivity contribution in [2.24, 2.45) is 0 Å². The fourth-order valence-corrected chi connectivity index (χ4v) is 0.577. The van der Waals surface area contributed by atoms with Crippen LogP contribution in [0, 0.1) is 0 Å². The van der Waals surface area contributed by atoms with Crippen LogP contribution < -0.4 is 0 Å². The molecule has 0 heterocycles. The first-order chi connectivity index (χ1) is 3.91. The van der Waals surface area contributed by atoms with Crippen molar-refractivity contribution < 1.29 is 17.1 Å². The van der Waals surface area contributed by atoms with Crippen LogP contribution in [0.4, 0.5) is 0 Å². The van der Waals surface area contributed by atoms with Gasteiger partial charge in [-0.3, -0.25) is 0 Å². The topological polar surface area (TPSA) is 0 Å². The molecule has 9 heavy (non-hydrogen) atoms. The van der Waals surface area contributed by atoms with Crippen LogP contribution >= 0.6 is 0 Å². The number of unbranched alkanes of at least 4 members (excludes halogenated alkanes) is 3. The Kier molecular flexibility index (Phi) is 14.2. The van der Waals surface area contributed by atoms with Gasteiger partial charge in [-0.25, -0.2) is 0 Å². The zero-order valence-corrected chi connectivity index (χ0v) is 6.64. The van der Waals surface area contributed by atoms with E-state index in [1.165, 1.54) is 12.8 Å². The van der Waals surface area contributed by atoms with E-state index < -0.39 is 0 Å². The molecule has 0 aromatic carbocycles. The fourth-order valence-electron chi connectivity index (χ4n) is 0.577. The maximum absolute atomic E-state index is 3.63. The van der Waals surface area contributed by atoms with E-state index in [1.54, 1.807) is 0 Å². The molecule has 0 N–H and O–H groups in total. The van der Waals surface area contributed by atoms with Gasteiger partial charge in [-0.2, -0.15) is 0 Å². The molecule has 0 saturated carbocycles. The van der Waals surface area contributed by atoms with Gasteiger partial charge in [-0.15, -0.1) is 13.2 Å². The second-order valence-electron chi connectivity index (χ2n) is 1.86. The van der Waals surface area contributed by atoms with E-state index in [2.05, 4.69) is 13.2 Å². The first-order valence-corrected chi connectivity index (χ1v) is 3.13. The van der Waals surface area contributed by atoms with Crippen LogP contribution in [-0.2, 0) is 17.1 Å². The quantitative estimate of drug-likeness (QED) is 0.341. The van der Waals surface area contributed by atoms with Crippen LogP contribution in [0.25, 0.3) is 0 Å².